The number of fused-ring (bicyclic) bond motifs is 5. The molecular weight excluding hydrogens is 296 g/mol. The summed E-state index contributed by atoms with van der Waals surface area (Å²) in [6.45, 7) is 9.09. The molecule has 8 atom stereocenters. The number of carbonyl (C=O) groups is 1. The van der Waals surface area contributed by atoms with E-state index in [2.05, 4.69) is 20.8 Å². The molecule has 0 aromatic rings. The number of hydrogen-bond acceptors (Lipinski definition) is 2. The van der Waals surface area contributed by atoms with Crippen molar-refractivity contribution in [2.45, 2.75) is 91.6 Å². The van der Waals surface area contributed by atoms with Crippen molar-refractivity contribution in [1.82, 2.24) is 0 Å². The second kappa shape index (κ2) is 5.32. The molecule has 24 heavy (non-hydrogen) atoms. The Morgan fingerprint density at radius 2 is 1.62 bits per heavy atom. The molecule has 0 bridgehead atoms. The highest BCUT2D eigenvalue weighted by Crippen LogP contribution is 2.70. The molecule has 2 nitrogen and oxygen atoms in total. The first-order valence-electron chi connectivity index (χ1n) is 10.4. The summed E-state index contributed by atoms with van der Waals surface area (Å²) >= 11 is 0. The largest absolute Gasteiger partial charge is 0.393 e. The van der Waals surface area contributed by atoms with Crippen LogP contribution in [0.25, 0.3) is 0 Å². The van der Waals surface area contributed by atoms with Crippen LogP contribution in [0.5, 0.6) is 0 Å². The second-order valence-electron chi connectivity index (χ2n) is 10.5. The van der Waals surface area contributed by atoms with Crippen LogP contribution < -0.4 is 0 Å². The maximum atomic E-state index is 12.5. The molecule has 0 radical (unpaired) electrons. The molecule has 4 fully saturated rings. The van der Waals surface area contributed by atoms with Crippen molar-refractivity contribution < 1.29 is 9.90 Å². The molecule has 2 unspecified atom stereocenters. The van der Waals surface area contributed by atoms with E-state index in [1.54, 1.807) is 0 Å². The fourth-order valence-corrected chi connectivity index (χ4v) is 8.08. The van der Waals surface area contributed by atoms with E-state index >= 15 is 0 Å². The van der Waals surface area contributed by atoms with Crippen molar-refractivity contribution in [2.24, 2.45) is 39.9 Å². The summed E-state index contributed by atoms with van der Waals surface area (Å²) in [6.07, 6.45) is 10.8. The smallest absolute Gasteiger partial charge is 0.136 e. The Balaban J connectivity index is 1.65. The number of aliphatic hydroxyl groups excluding tert-OH is 1. The van der Waals surface area contributed by atoms with Crippen LogP contribution in [0.4, 0.5) is 0 Å². The summed E-state index contributed by atoms with van der Waals surface area (Å²) in [6, 6.07) is 0. The normalized spacial score (nSPS) is 57.0. The SMILES string of the molecule is CC(=O)[C@@]1(C)CC[C@H]2[C@@H]3CCC4CC(O)CC[C@]4(C)[C@H]3CC[C@@]21C. The minimum absolute atomic E-state index is 0.0547. The van der Waals surface area contributed by atoms with E-state index in [-0.39, 0.29) is 16.9 Å². The molecule has 0 heterocycles. The molecule has 2 heteroatoms. The predicted octanol–water partition coefficient (Wildman–Crippen LogP) is 4.99. The van der Waals surface area contributed by atoms with Gasteiger partial charge in [-0.1, -0.05) is 20.8 Å². The third-order valence-electron chi connectivity index (χ3n) is 10.0. The highest BCUT2D eigenvalue weighted by molar-refractivity contribution is 5.83. The van der Waals surface area contributed by atoms with Crippen LogP contribution in [-0.4, -0.2) is 17.0 Å². The first-order chi connectivity index (χ1) is 11.2. The highest BCUT2D eigenvalue weighted by Gasteiger charge is 2.64. The molecule has 0 aliphatic heterocycles. The van der Waals surface area contributed by atoms with Crippen molar-refractivity contribution in [3.8, 4) is 0 Å². The van der Waals surface area contributed by atoms with Gasteiger partial charge in [-0.15, -0.1) is 0 Å². The first kappa shape index (κ1) is 17.1. The number of carbonyl (C=O) groups excluding carboxylic acids is 1. The van der Waals surface area contributed by atoms with Crippen LogP contribution in [0.1, 0.15) is 85.5 Å². The van der Waals surface area contributed by atoms with Gasteiger partial charge in [0.1, 0.15) is 5.78 Å². The summed E-state index contributed by atoms with van der Waals surface area (Å²) in [4.78, 5) is 12.5. The van der Waals surface area contributed by atoms with Crippen molar-refractivity contribution in [3.63, 3.8) is 0 Å². The van der Waals surface area contributed by atoms with Crippen molar-refractivity contribution in [3.05, 3.63) is 0 Å². The predicted molar refractivity (Wildman–Crippen MR) is 96.5 cm³/mol. The van der Waals surface area contributed by atoms with Gasteiger partial charge in [0.25, 0.3) is 0 Å². The molecule has 0 saturated heterocycles. The standard InChI is InChI=1S/C22H36O2/c1-14(23)21(3)11-9-19-17-6-5-15-13-16(24)7-10-20(15,2)18(17)8-12-22(19,21)4/h15-19,24H,5-13H2,1-4H3/t15?,16?,17-,18+,19+,20+,21-,22+/m1/s1. The van der Waals surface area contributed by atoms with Gasteiger partial charge in [-0.25, -0.2) is 0 Å². The number of hydrogen-bond donors (Lipinski definition) is 1. The van der Waals surface area contributed by atoms with Gasteiger partial charge < -0.3 is 5.11 Å². The lowest BCUT2D eigenvalue weighted by Gasteiger charge is -2.61. The van der Waals surface area contributed by atoms with Gasteiger partial charge in [0, 0.05) is 5.41 Å². The van der Waals surface area contributed by atoms with E-state index in [9.17, 15) is 9.90 Å². The van der Waals surface area contributed by atoms with E-state index in [0.29, 0.717) is 11.2 Å². The number of Topliss-reactive ketones (excluding diaryl/α,β-unsaturated/α-hetero) is 1. The average molecular weight is 333 g/mol. The molecule has 0 aromatic carbocycles. The minimum atomic E-state index is -0.0941. The Kier molecular flexibility index (Phi) is 3.78. The van der Waals surface area contributed by atoms with E-state index in [1.165, 1.54) is 38.5 Å². The van der Waals surface area contributed by atoms with Crippen LogP contribution in [0.2, 0.25) is 0 Å². The third-order valence-corrected chi connectivity index (χ3v) is 10.0. The lowest BCUT2D eigenvalue weighted by molar-refractivity contribution is -0.150. The van der Waals surface area contributed by atoms with Crippen LogP contribution in [0.3, 0.4) is 0 Å². The molecule has 0 aromatic heterocycles. The zero-order chi connectivity index (χ0) is 17.3. The van der Waals surface area contributed by atoms with Crippen LogP contribution in [0.15, 0.2) is 0 Å². The summed E-state index contributed by atoms with van der Waals surface area (Å²) < 4.78 is 0. The topological polar surface area (TPSA) is 37.3 Å². The maximum absolute atomic E-state index is 12.5. The zero-order valence-electron chi connectivity index (χ0n) is 16.1. The van der Waals surface area contributed by atoms with Gasteiger partial charge in [-0.05, 0) is 99.2 Å². The van der Waals surface area contributed by atoms with Gasteiger partial charge in [0.2, 0.25) is 0 Å². The molecule has 4 rings (SSSR count). The lowest BCUT2D eigenvalue weighted by atomic mass is 9.43. The van der Waals surface area contributed by atoms with Gasteiger partial charge in [-0.2, -0.15) is 0 Å². The molecular formula is C22H36O2. The average Bonchev–Trinajstić information content (AvgIpc) is 2.81. The van der Waals surface area contributed by atoms with E-state index in [1.807, 2.05) is 6.92 Å². The Morgan fingerprint density at radius 3 is 2.33 bits per heavy atom. The van der Waals surface area contributed by atoms with Gasteiger partial charge in [0.15, 0.2) is 0 Å². The van der Waals surface area contributed by atoms with Gasteiger partial charge >= 0.3 is 0 Å². The monoisotopic (exact) mass is 332 g/mol. The van der Waals surface area contributed by atoms with Crippen LogP contribution in [-0.2, 0) is 4.79 Å². The second-order valence-corrected chi connectivity index (χ2v) is 10.5. The Labute approximate surface area is 147 Å². The molecule has 4 aliphatic carbocycles. The molecule has 0 amide bonds. The molecule has 4 aliphatic rings. The number of ketones is 1. The molecule has 1 N–H and O–H groups in total. The van der Waals surface area contributed by atoms with E-state index < -0.39 is 0 Å². The van der Waals surface area contributed by atoms with Gasteiger partial charge in [-0.3, -0.25) is 4.79 Å². The Morgan fingerprint density at radius 1 is 0.917 bits per heavy atom. The van der Waals surface area contributed by atoms with Crippen molar-refractivity contribution >= 4 is 5.78 Å². The van der Waals surface area contributed by atoms with E-state index in [4.69, 9.17) is 0 Å². The number of aliphatic hydroxyl groups is 1. The first-order valence-corrected chi connectivity index (χ1v) is 10.4. The summed E-state index contributed by atoms with van der Waals surface area (Å²) in [5.41, 5.74) is 0.569. The summed E-state index contributed by atoms with van der Waals surface area (Å²) in [5.74, 6) is 3.55. The maximum Gasteiger partial charge on any atom is 0.136 e. The summed E-state index contributed by atoms with van der Waals surface area (Å²) in [7, 11) is 0. The molecule has 4 saturated carbocycles. The molecule has 0 spiro atoms. The summed E-state index contributed by atoms with van der Waals surface area (Å²) in [5, 5.41) is 10.1. The fraction of sp³-hybridized carbons (Fsp3) is 0.955. The van der Waals surface area contributed by atoms with Gasteiger partial charge in [0.05, 0.1) is 6.10 Å². The number of rotatable bonds is 1. The highest BCUT2D eigenvalue weighted by atomic mass is 16.3. The quantitative estimate of drug-likeness (QED) is 0.735. The third kappa shape index (κ3) is 2.01. The van der Waals surface area contributed by atoms with E-state index in [0.717, 1.165) is 42.9 Å². The Bertz CT molecular complexity index is 542. The zero-order valence-corrected chi connectivity index (χ0v) is 16.1. The van der Waals surface area contributed by atoms with Crippen molar-refractivity contribution in [2.75, 3.05) is 0 Å². The minimum Gasteiger partial charge on any atom is -0.393 e. The van der Waals surface area contributed by atoms with Crippen LogP contribution in [0, 0.1) is 39.9 Å². The van der Waals surface area contributed by atoms with Crippen molar-refractivity contribution in [1.29, 1.82) is 0 Å². The lowest BCUT2D eigenvalue weighted by Crippen LogP contribution is -2.55. The Hall–Kier alpha value is -0.370. The molecule has 136 valence electrons. The van der Waals surface area contributed by atoms with Crippen LogP contribution >= 0.6 is 0 Å². The fourth-order valence-electron chi connectivity index (χ4n) is 8.08.